The Morgan fingerprint density at radius 1 is 1.38 bits per heavy atom. The lowest BCUT2D eigenvalue weighted by Crippen LogP contribution is -2.17. The molecule has 0 amide bonds. The molecule has 0 aliphatic heterocycles. The van der Waals surface area contributed by atoms with Gasteiger partial charge in [-0.25, -0.2) is 0 Å². The number of hydrogen-bond acceptors (Lipinski definition) is 5. The Kier molecular flexibility index (Phi) is 5.67. The van der Waals surface area contributed by atoms with E-state index in [1.807, 2.05) is 19.1 Å². The molecule has 0 saturated carbocycles. The Hall–Kier alpha value is -1.50. The molecule has 0 unspecified atom stereocenters. The lowest BCUT2D eigenvalue weighted by atomic mass is 10.3. The van der Waals surface area contributed by atoms with Gasteiger partial charge in [0.25, 0.3) is 5.56 Å². The fourth-order valence-electron chi connectivity index (χ4n) is 1.76. The van der Waals surface area contributed by atoms with E-state index in [1.54, 1.807) is 16.7 Å². The zero-order valence-corrected chi connectivity index (χ0v) is 13.2. The minimum atomic E-state index is -0.350. The molecular formula is C14H16ClN3O2S. The Morgan fingerprint density at radius 2 is 2.10 bits per heavy atom. The summed E-state index contributed by atoms with van der Waals surface area (Å²) in [5, 5.41) is 1.18. The number of hydrogen-bond donors (Lipinski definition) is 1. The van der Waals surface area contributed by atoms with Crippen molar-refractivity contribution in [3.05, 3.63) is 45.7 Å². The van der Waals surface area contributed by atoms with Crippen LogP contribution in [0.25, 0.3) is 5.69 Å². The molecule has 21 heavy (non-hydrogen) atoms. The maximum Gasteiger partial charge on any atom is 0.275 e. The first-order valence-electron chi connectivity index (χ1n) is 6.48. The lowest BCUT2D eigenvalue weighted by Gasteiger charge is -2.14. The molecule has 2 N–H and O–H groups in total. The monoisotopic (exact) mass is 325 g/mol. The second-order valence-electron chi connectivity index (χ2n) is 4.16. The molecule has 0 spiro atoms. The van der Waals surface area contributed by atoms with E-state index in [-0.39, 0.29) is 5.56 Å². The molecule has 0 aliphatic carbocycles. The van der Waals surface area contributed by atoms with Crippen molar-refractivity contribution >= 4 is 29.2 Å². The van der Waals surface area contributed by atoms with Gasteiger partial charge in [-0.3, -0.25) is 9.36 Å². The van der Waals surface area contributed by atoms with Gasteiger partial charge < -0.3 is 10.5 Å². The molecule has 5 nitrogen and oxygen atoms in total. The Labute approximate surface area is 132 Å². The van der Waals surface area contributed by atoms with Gasteiger partial charge in [0.2, 0.25) is 0 Å². The summed E-state index contributed by atoms with van der Waals surface area (Å²) in [7, 11) is 0. The number of nitrogens with zero attached hydrogens (tertiary/aromatic N) is 2. The van der Waals surface area contributed by atoms with Crippen molar-refractivity contribution < 1.29 is 4.74 Å². The summed E-state index contributed by atoms with van der Waals surface area (Å²) in [4.78, 5) is 15.6. The highest BCUT2D eigenvalue weighted by Gasteiger charge is 2.10. The van der Waals surface area contributed by atoms with Gasteiger partial charge in [-0.05, 0) is 31.2 Å². The molecule has 0 radical (unpaired) electrons. The predicted molar refractivity (Wildman–Crippen MR) is 86.5 cm³/mol. The largest absolute Gasteiger partial charge is 0.385 e. The molecule has 0 saturated heterocycles. The van der Waals surface area contributed by atoms with Gasteiger partial charge in [-0.2, -0.15) is 4.98 Å². The lowest BCUT2D eigenvalue weighted by molar-refractivity contribution is 0.164. The van der Waals surface area contributed by atoms with Crippen molar-refractivity contribution in [2.45, 2.75) is 12.1 Å². The van der Waals surface area contributed by atoms with Crippen LogP contribution in [0.5, 0.6) is 0 Å². The fraction of sp³-hybridized carbons (Fsp3) is 0.286. The van der Waals surface area contributed by atoms with Crippen LogP contribution in [0.4, 0.5) is 5.82 Å². The van der Waals surface area contributed by atoms with Gasteiger partial charge in [0.1, 0.15) is 5.82 Å². The number of nitrogen functional groups attached to an aromatic ring is 1. The SMILES string of the molecule is CCOCCSc1nc(=O)cc(N)n1-c1ccc(Cl)cc1. The van der Waals surface area contributed by atoms with E-state index in [4.69, 9.17) is 22.1 Å². The van der Waals surface area contributed by atoms with Crippen LogP contribution >= 0.6 is 23.4 Å². The van der Waals surface area contributed by atoms with Crippen molar-refractivity contribution in [3.8, 4) is 5.69 Å². The molecule has 0 atom stereocenters. The van der Waals surface area contributed by atoms with Crippen molar-refractivity contribution in [3.63, 3.8) is 0 Å². The average Bonchev–Trinajstić information content (AvgIpc) is 2.45. The summed E-state index contributed by atoms with van der Waals surface area (Å²) >= 11 is 7.32. The number of rotatable bonds is 6. The van der Waals surface area contributed by atoms with E-state index in [2.05, 4.69) is 4.98 Å². The number of nitrogens with two attached hydrogens (primary N) is 1. The smallest absolute Gasteiger partial charge is 0.275 e. The molecular weight excluding hydrogens is 310 g/mol. The van der Waals surface area contributed by atoms with E-state index in [0.717, 1.165) is 5.69 Å². The molecule has 1 heterocycles. The van der Waals surface area contributed by atoms with Crippen LogP contribution in [0, 0.1) is 0 Å². The number of aromatic nitrogens is 2. The van der Waals surface area contributed by atoms with Gasteiger partial charge in [-0.1, -0.05) is 23.4 Å². The van der Waals surface area contributed by atoms with Crippen LogP contribution in [0.3, 0.4) is 0 Å². The molecule has 1 aromatic carbocycles. The number of anilines is 1. The van der Waals surface area contributed by atoms with Gasteiger partial charge in [0.05, 0.1) is 6.61 Å². The first-order valence-corrected chi connectivity index (χ1v) is 7.84. The highest BCUT2D eigenvalue weighted by molar-refractivity contribution is 7.99. The second-order valence-corrected chi connectivity index (χ2v) is 5.66. The summed E-state index contributed by atoms with van der Waals surface area (Å²) in [6, 6.07) is 8.50. The second kappa shape index (κ2) is 7.49. The van der Waals surface area contributed by atoms with Crippen molar-refractivity contribution in [1.29, 1.82) is 0 Å². The van der Waals surface area contributed by atoms with Gasteiger partial charge in [0.15, 0.2) is 5.16 Å². The predicted octanol–water partition coefficient (Wildman–Crippen LogP) is 2.60. The molecule has 2 rings (SSSR count). The zero-order chi connectivity index (χ0) is 15.2. The summed E-state index contributed by atoms with van der Waals surface area (Å²) in [5.74, 6) is 1.04. The Balaban J connectivity index is 2.34. The van der Waals surface area contributed by atoms with Crippen LogP contribution in [-0.4, -0.2) is 28.5 Å². The summed E-state index contributed by atoms with van der Waals surface area (Å²) in [6.45, 7) is 3.19. The molecule has 7 heteroatoms. The topological polar surface area (TPSA) is 70.1 Å². The maximum atomic E-state index is 11.6. The van der Waals surface area contributed by atoms with E-state index >= 15 is 0 Å². The van der Waals surface area contributed by atoms with Gasteiger partial charge in [0, 0.05) is 29.1 Å². The molecule has 2 aromatic rings. The fourth-order valence-corrected chi connectivity index (χ4v) is 2.76. The average molecular weight is 326 g/mol. The first-order chi connectivity index (χ1) is 10.1. The highest BCUT2D eigenvalue weighted by Crippen LogP contribution is 2.23. The van der Waals surface area contributed by atoms with Crippen LogP contribution in [0.15, 0.2) is 40.3 Å². The third-order valence-corrected chi connectivity index (χ3v) is 3.83. The number of halogens is 1. The minimum Gasteiger partial charge on any atom is -0.385 e. The normalized spacial score (nSPS) is 10.8. The molecule has 0 aliphatic rings. The Bertz CT molecular complexity index is 658. The molecule has 0 bridgehead atoms. The number of benzene rings is 1. The van der Waals surface area contributed by atoms with Crippen molar-refractivity contribution in [2.24, 2.45) is 0 Å². The summed E-state index contributed by atoms with van der Waals surface area (Å²) in [5.41, 5.74) is 6.43. The third kappa shape index (κ3) is 4.23. The van der Waals surface area contributed by atoms with Crippen LogP contribution in [0.2, 0.25) is 5.02 Å². The standard InChI is InChI=1S/C14H16ClN3O2S/c1-2-20-7-8-21-14-17-13(19)9-12(16)18(14)11-5-3-10(15)4-6-11/h3-6,9H,2,7-8,16H2,1H3. The van der Waals surface area contributed by atoms with E-state index in [0.29, 0.717) is 35.0 Å². The molecule has 112 valence electrons. The van der Waals surface area contributed by atoms with Crippen LogP contribution in [-0.2, 0) is 4.74 Å². The van der Waals surface area contributed by atoms with Crippen LogP contribution in [0.1, 0.15) is 6.92 Å². The number of thioether (sulfide) groups is 1. The minimum absolute atomic E-state index is 0.344. The third-order valence-electron chi connectivity index (χ3n) is 2.67. The zero-order valence-electron chi connectivity index (χ0n) is 11.6. The first kappa shape index (κ1) is 15.9. The van der Waals surface area contributed by atoms with E-state index in [9.17, 15) is 4.79 Å². The summed E-state index contributed by atoms with van der Waals surface area (Å²) < 4.78 is 7.02. The van der Waals surface area contributed by atoms with Crippen molar-refractivity contribution in [1.82, 2.24) is 9.55 Å². The number of ether oxygens (including phenoxy) is 1. The van der Waals surface area contributed by atoms with Crippen LogP contribution < -0.4 is 11.3 Å². The molecule has 1 aromatic heterocycles. The molecule has 0 fully saturated rings. The highest BCUT2D eigenvalue weighted by atomic mass is 35.5. The van der Waals surface area contributed by atoms with Crippen molar-refractivity contribution in [2.75, 3.05) is 24.7 Å². The van der Waals surface area contributed by atoms with E-state index < -0.39 is 0 Å². The van der Waals surface area contributed by atoms with Gasteiger partial charge in [-0.15, -0.1) is 0 Å². The Morgan fingerprint density at radius 3 is 2.76 bits per heavy atom. The van der Waals surface area contributed by atoms with Gasteiger partial charge >= 0.3 is 0 Å². The quantitative estimate of drug-likeness (QED) is 0.502. The van der Waals surface area contributed by atoms with E-state index in [1.165, 1.54) is 17.8 Å². The summed E-state index contributed by atoms with van der Waals surface area (Å²) in [6.07, 6.45) is 0. The maximum absolute atomic E-state index is 11.6.